The van der Waals surface area contributed by atoms with Crippen molar-refractivity contribution in [3.05, 3.63) is 59.2 Å². The van der Waals surface area contributed by atoms with E-state index < -0.39 is 11.3 Å². The molecule has 1 heterocycles. The summed E-state index contributed by atoms with van der Waals surface area (Å²) in [5.41, 5.74) is 2.73. The Bertz CT molecular complexity index is 803. The molecule has 0 radical (unpaired) electrons. The van der Waals surface area contributed by atoms with E-state index in [9.17, 15) is 4.79 Å². The largest absolute Gasteiger partial charge is 0.494 e. The van der Waals surface area contributed by atoms with Crippen LogP contribution in [0.1, 0.15) is 46.6 Å². The fraction of sp³-hybridized carbons (Fsp3) is 0.263. The molecule has 0 aliphatic carbocycles. The number of aliphatic imine (C=N–C) groups is 1. The first-order chi connectivity index (χ1) is 12.1. The zero-order valence-electron chi connectivity index (χ0n) is 13.9. The Hall–Kier alpha value is -2.47. The van der Waals surface area contributed by atoms with Crippen LogP contribution in [0.4, 0.5) is 5.69 Å². The summed E-state index contributed by atoms with van der Waals surface area (Å²) < 4.78 is 5.67. The average molecular weight is 356 g/mol. The highest BCUT2D eigenvalue weighted by Gasteiger charge is 2.21. The second kappa shape index (κ2) is 7.61. The lowest BCUT2D eigenvalue weighted by atomic mass is 10.1. The van der Waals surface area contributed by atoms with Gasteiger partial charge in [0.2, 0.25) is 0 Å². The van der Waals surface area contributed by atoms with E-state index in [4.69, 9.17) is 9.84 Å². The van der Waals surface area contributed by atoms with Gasteiger partial charge in [0.05, 0.1) is 12.2 Å². The number of amidine groups is 1. The lowest BCUT2D eigenvalue weighted by Gasteiger charge is -2.23. The number of anilines is 1. The van der Waals surface area contributed by atoms with Gasteiger partial charge in [-0.2, -0.15) is 0 Å². The molecule has 3 rings (SSSR count). The summed E-state index contributed by atoms with van der Waals surface area (Å²) in [5, 5.41) is 12.0. The van der Waals surface area contributed by atoms with Crippen molar-refractivity contribution in [2.75, 3.05) is 11.9 Å². The molecular formula is C19H20N2O3S. The van der Waals surface area contributed by atoms with E-state index in [1.54, 1.807) is 18.2 Å². The van der Waals surface area contributed by atoms with Crippen LogP contribution in [0.25, 0.3) is 0 Å². The summed E-state index contributed by atoms with van der Waals surface area (Å²) in [6.45, 7) is 2.84. The van der Waals surface area contributed by atoms with E-state index in [0.717, 1.165) is 35.4 Å². The molecule has 0 saturated heterocycles. The van der Waals surface area contributed by atoms with Crippen LogP contribution in [0.3, 0.4) is 0 Å². The van der Waals surface area contributed by atoms with Crippen LogP contribution in [0, 0.1) is 0 Å². The van der Waals surface area contributed by atoms with Crippen LogP contribution in [-0.2, 0) is 0 Å². The minimum Gasteiger partial charge on any atom is -0.494 e. The molecule has 5 nitrogen and oxygen atoms in total. The van der Waals surface area contributed by atoms with Crippen molar-refractivity contribution in [3.8, 4) is 5.75 Å². The van der Waals surface area contributed by atoms with Gasteiger partial charge in [-0.1, -0.05) is 13.3 Å². The third-order valence-electron chi connectivity index (χ3n) is 3.98. The number of fused-ring (bicyclic) bond motifs is 1. The number of ether oxygens (including phenoxy) is 1. The number of hydrogen-bond acceptors (Lipinski definition) is 5. The van der Waals surface area contributed by atoms with Gasteiger partial charge < -0.3 is 15.2 Å². The number of carboxylic acids is 1. The monoisotopic (exact) mass is 356 g/mol. The van der Waals surface area contributed by atoms with Crippen molar-refractivity contribution >= 4 is 30.1 Å². The maximum atomic E-state index is 11.1. The third-order valence-corrected chi connectivity index (χ3v) is 4.37. The van der Waals surface area contributed by atoms with Crippen LogP contribution < -0.4 is 10.1 Å². The molecule has 0 bridgehead atoms. The van der Waals surface area contributed by atoms with Crippen LogP contribution in [0.15, 0.2) is 47.5 Å². The van der Waals surface area contributed by atoms with Gasteiger partial charge in [0.25, 0.3) is 0 Å². The van der Waals surface area contributed by atoms with E-state index in [0.29, 0.717) is 12.4 Å². The van der Waals surface area contributed by atoms with Crippen molar-refractivity contribution in [2.24, 2.45) is 4.99 Å². The van der Waals surface area contributed by atoms with Crippen LogP contribution in [0.2, 0.25) is 0 Å². The van der Waals surface area contributed by atoms with Gasteiger partial charge in [0.1, 0.15) is 17.0 Å². The Morgan fingerprint density at radius 1 is 1.28 bits per heavy atom. The fourth-order valence-corrected chi connectivity index (χ4v) is 2.89. The minimum absolute atomic E-state index is 0.229. The second-order valence-electron chi connectivity index (χ2n) is 5.81. The number of rotatable bonds is 6. The maximum Gasteiger partial charge on any atom is 0.335 e. The maximum absolute atomic E-state index is 11.1. The molecule has 25 heavy (non-hydrogen) atoms. The topological polar surface area (TPSA) is 70.9 Å². The minimum atomic E-state index is -0.961. The number of benzene rings is 2. The molecule has 1 aliphatic rings. The summed E-state index contributed by atoms with van der Waals surface area (Å²) >= 11 is 4.50. The second-order valence-corrected chi connectivity index (χ2v) is 6.30. The van der Waals surface area contributed by atoms with Gasteiger partial charge >= 0.3 is 5.97 Å². The van der Waals surface area contributed by atoms with Crippen LogP contribution in [0.5, 0.6) is 5.75 Å². The molecule has 0 saturated carbocycles. The van der Waals surface area contributed by atoms with E-state index in [2.05, 4.69) is 29.9 Å². The van der Waals surface area contributed by atoms with E-state index in [1.165, 1.54) is 0 Å². The van der Waals surface area contributed by atoms with Gasteiger partial charge in [-0.15, -0.1) is 12.6 Å². The number of unbranched alkanes of at least 4 members (excludes halogenated alkanes) is 1. The molecule has 2 N–H and O–H groups in total. The first-order valence-corrected chi connectivity index (χ1v) is 8.73. The summed E-state index contributed by atoms with van der Waals surface area (Å²) in [6, 6.07) is 12.7. The number of hydrogen-bond donors (Lipinski definition) is 3. The Morgan fingerprint density at radius 2 is 2.04 bits per heavy atom. The number of carboxylic acid groups (broad SMARTS) is 1. The normalized spacial score (nSPS) is 15.8. The summed E-state index contributed by atoms with van der Waals surface area (Å²) in [5.74, 6) is 0.579. The zero-order valence-corrected chi connectivity index (χ0v) is 14.8. The predicted octanol–water partition coefficient (Wildman–Crippen LogP) is 4.36. The van der Waals surface area contributed by atoms with Gasteiger partial charge in [-0.05, 0) is 48.9 Å². The molecule has 6 heteroatoms. The molecule has 1 aliphatic heterocycles. The highest BCUT2D eigenvalue weighted by atomic mass is 32.1. The Labute approximate surface area is 152 Å². The lowest BCUT2D eigenvalue weighted by Crippen LogP contribution is -2.20. The summed E-state index contributed by atoms with van der Waals surface area (Å²) in [6.07, 6.45) is 2.14. The number of nitrogens with zero attached hydrogens (tertiary/aromatic N) is 1. The molecule has 0 amide bonds. The van der Waals surface area contributed by atoms with Gasteiger partial charge in [-0.3, -0.25) is 0 Å². The van der Waals surface area contributed by atoms with Gasteiger partial charge in [0, 0.05) is 16.8 Å². The van der Waals surface area contributed by atoms with E-state index >= 15 is 0 Å². The van der Waals surface area contributed by atoms with Gasteiger partial charge in [-0.25, -0.2) is 9.79 Å². The van der Waals surface area contributed by atoms with Crippen molar-refractivity contribution in [1.82, 2.24) is 0 Å². The SMILES string of the molecule is CCCCOc1ccc(C2=NC(S)c3cc(C(=O)O)ccc3N2)cc1. The summed E-state index contributed by atoms with van der Waals surface area (Å²) in [4.78, 5) is 15.6. The molecule has 1 atom stereocenters. The smallest absolute Gasteiger partial charge is 0.335 e. The van der Waals surface area contributed by atoms with E-state index in [1.807, 2.05) is 24.3 Å². The molecule has 130 valence electrons. The first kappa shape index (κ1) is 17.4. The first-order valence-electron chi connectivity index (χ1n) is 8.22. The Balaban J connectivity index is 1.78. The molecule has 0 aromatic heterocycles. The molecule has 0 spiro atoms. The van der Waals surface area contributed by atoms with Crippen LogP contribution in [-0.4, -0.2) is 23.5 Å². The molecule has 2 aromatic rings. The number of aromatic carboxylic acids is 1. The molecular weight excluding hydrogens is 336 g/mol. The van der Waals surface area contributed by atoms with Crippen molar-refractivity contribution in [1.29, 1.82) is 0 Å². The molecule has 2 aromatic carbocycles. The molecule has 1 unspecified atom stereocenters. The average Bonchev–Trinajstić information content (AvgIpc) is 2.62. The third kappa shape index (κ3) is 3.96. The van der Waals surface area contributed by atoms with E-state index in [-0.39, 0.29) is 5.56 Å². The zero-order chi connectivity index (χ0) is 17.8. The predicted molar refractivity (Wildman–Crippen MR) is 102 cm³/mol. The Morgan fingerprint density at radius 3 is 2.72 bits per heavy atom. The summed E-state index contributed by atoms with van der Waals surface area (Å²) in [7, 11) is 0. The van der Waals surface area contributed by atoms with Crippen molar-refractivity contribution in [2.45, 2.75) is 25.1 Å². The molecule has 0 fully saturated rings. The highest BCUT2D eigenvalue weighted by molar-refractivity contribution is 7.80. The van der Waals surface area contributed by atoms with Crippen molar-refractivity contribution < 1.29 is 14.6 Å². The lowest BCUT2D eigenvalue weighted by molar-refractivity contribution is 0.0697. The standard InChI is InChI=1S/C19H20N2O3S/c1-2-3-10-24-14-7-4-12(5-8-14)17-20-16-9-6-13(19(22)23)11-15(16)18(25)21-17/h4-9,11,18,25H,2-3,10H2,1H3,(H,20,21)(H,22,23). The number of nitrogens with one attached hydrogen (secondary N) is 1. The quantitative estimate of drug-likeness (QED) is 0.531. The Kier molecular flexibility index (Phi) is 5.28. The van der Waals surface area contributed by atoms with Gasteiger partial charge in [0.15, 0.2) is 0 Å². The number of thiol groups is 1. The highest BCUT2D eigenvalue weighted by Crippen LogP contribution is 2.34. The van der Waals surface area contributed by atoms with Crippen molar-refractivity contribution in [3.63, 3.8) is 0 Å². The number of carbonyl (C=O) groups is 1. The fourth-order valence-electron chi connectivity index (χ4n) is 2.56. The van der Waals surface area contributed by atoms with Crippen LogP contribution >= 0.6 is 12.6 Å².